The van der Waals surface area contributed by atoms with Crippen molar-refractivity contribution in [1.82, 2.24) is 14.9 Å². The highest BCUT2D eigenvalue weighted by Gasteiger charge is 2.25. The van der Waals surface area contributed by atoms with E-state index < -0.39 is 4.92 Å². The Labute approximate surface area is 106 Å². The van der Waals surface area contributed by atoms with Crippen molar-refractivity contribution in [2.75, 3.05) is 31.6 Å². The summed E-state index contributed by atoms with van der Waals surface area (Å²) in [5.74, 6) is 1.11. The molecule has 18 heavy (non-hydrogen) atoms. The Kier molecular flexibility index (Phi) is 3.81. The number of rotatable bonds is 4. The van der Waals surface area contributed by atoms with Crippen LogP contribution in [0.4, 0.5) is 11.6 Å². The molecule has 1 N–H and O–H groups in total. The molecular formula is C11H19N5O2. The number of nitrogens with zero attached hydrogens (tertiary/aromatic N) is 4. The van der Waals surface area contributed by atoms with Crippen LogP contribution in [0.15, 0.2) is 6.33 Å². The maximum absolute atomic E-state index is 10.9. The van der Waals surface area contributed by atoms with Gasteiger partial charge in [0.2, 0.25) is 12.1 Å². The van der Waals surface area contributed by atoms with Gasteiger partial charge in [0.1, 0.15) is 0 Å². The summed E-state index contributed by atoms with van der Waals surface area (Å²) in [5, 5.41) is 14.2. The first-order valence-corrected chi connectivity index (χ1v) is 6.17. The van der Waals surface area contributed by atoms with E-state index in [9.17, 15) is 10.1 Å². The van der Waals surface area contributed by atoms with E-state index in [0.29, 0.717) is 11.7 Å². The highest BCUT2D eigenvalue weighted by atomic mass is 16.6. The lowest BCUT2D eigenvalue weighted by molar-refractivity contribution is -0.388. The number of hydrogen-bond donors (Lipinski definition) is 1. The normalized spacial score (nSPS) is 16.8. The number of imidazole rings is 1. The molecule has 0 atom stereocenters. The summed E-state index contributed by atoms with van der Waals surface area (Å²) in [6.07, 6.45) is 3.73. The van der Waals surface area contributed by atoms with E-state index in [0.717, 1.165) is 32.5 Å². The molecule has 0 aromatic carbocycles. The van der Waals surface area contributed by atoms with Crippen molar-refractivity contribution in [2.45, 2.75) is 12.8 Å². The lowest BCUT2D eigenvalue weighted by Crippen LogP contribution is -2.35. The summed E-state index contributed by atoms with van der Waals surface area (Å²) in [7, 11) is 3.68. The maximum atomic E-state index is 10.9. The number of piperidine rings is 1. The minimum atomic E-state index is -0.422. The van der Waals surface area contributed by atoms with E-state index in [1.807, 2.05) is 11.9 Å². The molecule has 0 unspecified atom stereocenters. The molecular weight excluding hydrogens is 234 g/mol. The highest BCUT2D eigenvalue weighted by molar-refractivity contribution is 5.53. The molecule has 1 fully saturated rings. The Hall–Kier alpha value is -1.63. The minimum Gasteiger partial charge on any atom is -0.358 e. The van der Waals surface area contributed by atoms with Crippen molar-refractivity contribution in [3.8, 4) is 0 Å². The molecule has 0 aliphatic carbocycles. The molecule has 1 aliphatic rings. The fraction of sp³-hybridized carbons (Fsp3) is 0.727. The van der Waals surface area contributed by atoms with Gasteiger partial charge in [0.05, 0.1) is 0 Å². The van der Waals surface area contributed by atoms with E-state index in [1.165, 1.54) is 6.33 Å². The molecule has 2 heterocycles. The molecule has 1 saturated heterocycles. The summed E-state index contributed by atoms with van der Waals surface area (Å²) in [4.78, 5) is 16.3. The second-order valence-corrected chi connectivity index (χ2v) is 4.83. The highest BCUT2D eigenvalue weighted by Crippen LogP contribution is 2.26. The van der Waals surface area contributed by atoms with Gasteiger partial charge in [-0.15, -0.1) is 0 Å². The molecule has 100 valence electrons. The van der Waals surface area contributed by atoms with Crippen molar-refractivity contribution in [3.05, 3.63) is 16.4 Å². The summed E-state index contributed by atoms with van der Waals surface area (Å²) in [6.45, 7) is 2.90. The predicted molar refractivity (Wildman–Crippen MR) is 68.7 cm³/mol. The van der Waals surface area contributed by atoms with Crippen molar-refractivity contribution in [1.29, 1.82) is 0 Å². The van der Waals surface area contributed by atoms with Gasteiger partial charge in [-0.05, 0) is 41.8 Å². The van der Waals surface area contributed by atoms with Gasteiger partial charge < -0.3 is 20.3 Å². The van der Waals surface area contributed by atoms with Crippen molar-refractivity contribution >= 4 is 11.6 Å². The summed E-state index contributed by atoms with van der Waals surface area (Å²) < 4.78 is 1.71. The van der Waals surface area contributed by atoms with Crippen LogP contribution in [0.2, 0.25) is 0 Å². The SMILES string of the molecule is CN(CC1CCNCC1)c1c([N+](=O)[O-])ncn1C. The Morgan fingerprint density at radius 3 is 2.89 bits per heavy atom. The van der Waals surface area contributed by atoms with Crippen LogP contribution in [-0.2, 0) is 7.05 Å². The quantitative estimate of drug-likeness (QED) is 0.633. The third-order valence-corrected chi connectivity index (χ3v) is 3.41. The molecule has 0 saturated carbocycles. The van der Waals surface area contributed by atoms with Crippen LogP contribution in [0, 0.1) is 16.0 Å². The monoisotopic (exact) mass is 253 g/mol. The number of aromatic nitrogens is 2. The van der Waals surface area contributed by atoms with Crippen LogP contribution in [-0.4, -0.2) is 41.2 Å². The number of hydrogen-bond acceptors (Lipinski definition) is 5. The van der Waals surface area contributed by atoms with Crippen LogP contribution < -0.4 is 10.2 Å². The van der Waals surface area contributed by atoms with E-state index >= 15 is 0 Å². The van der Waals surface area contributed by atoms with Crippen molar-refractivity contribution < 1.29 is 4.92 Å². The van der Waals surface area contributed by atoms with Crippen LogP contribution in [0.1, 0.15) is 12.8 Å². The third-order valence-electron chi connectivity index (χ3n) is 3.41. The number of aryl methyl sites for hydroxylation is 1. The average Bonchev–Trinajstić information content (AvgIpc) is 2.72. The minimum absolute atomic E-state index is 0.0612. The molecule has 1 aromatic heterocycles. The lowest BCUT2D eigenvalue weighted by atomic mass is 9.98. The van der Waals surface area contributed by atoms with Crippen LogP contribution in [0.5, 0.6) is 0 Å². The molecule has 0 spiro atoms. The Morgan fingerprint density at radius 1 is 1.61 bits per heavy atom. The smallest absolute Gasteiger partial charge is 0.358 e. The molecule has 0 bridgehead atoms. The lowest BCUT2D eigenvalue weighted by Gasteiger charge is -2.28. The first-order chi connectivity index (χ1) is 8.59. The van der Waals surface area contributed by atoms with Crippen molar-refractivity contribution in [3.63, 3.8) is 0 Å². The second-order valence-electron chi connectivity index (χ2n) is 4.83. The van der Waals surface area contributed by atoms with Gasteiger partial charge >= 0.3 is 5.82 Å². The number of anilines is 1. The topological polar surface area (TPSA) is 76.2 Å². The van der Waals surface area contributed by atoms with Gasteiger partial charge in [0.15, 0.2) is 0 Å². The van der Waals surface area contributed by atoms with Crippen LogP contribution in [0.3, 0.4) is 0 Å². The van der Waals surface area contributed by atoms with E-state index in [1.54, 1.807) is 11.6 Å². The second kappa shape index (κ2) is 5.34. The standard InChI is InChI=1S/C11H19N5O2/c1-14(7-9-3-5-12-6-4-9)11-10(16(17)18)13-8-15(11)2/h8-9,12H,3-7H2,1-2H3. The maximum Gasteiger partial charge on any atom is 0.406 e. The van der Waals surface area contributed by atoms with E-state index in [2.05, 4.69) is 10.3 Å². The molecule has 7 heteroatoms. The fourth-order valence-electron chi connectivity index (χ4n) is 2.52. The van der Waals surface area contributed by atoms with Gasteiger partial charge in [-0.3, -0.25) is 4.57 Å². The molecule has 1 aliphatic heterocycles. The fourth-order valence-corrected chi connectivity index (χ4v) is 2.52. The molecule has 0 radical (unpaired) electrons. The number of nitrogens with one attached hydrogen (secondary N) is 1. The summed E-state index contributed by atoms with van der Waals surface area (Å²) in [5.41, 5.74) is 0. The zero-order chi connectivity index (χ0) is 13.1. The third kappa shape index (κ3) is 2.61. The van der Waals surface area contributed by atoms with Crippen LogP contribution >= 0.6 is 0 Å². The average molecular weight is 253 g/mol. The molecule has 1 aromatic rings. The first kappa shape index (κ1) is 12.8. The van der Waals surface area contributed by atoms with Gasteiger partial charge in [-0.25, -0.2) is 0 Å². The van der Waals surface area contributed by atoms with Gasteiger partial charge in [0, 0.05) is 20.6 Å². The molecule has 7 nitrogen and oxygen atoms in total. The van der Waals surface area contributed by atoms with Gasteiger partial charge in [-0.2, -0.15) is 0 Å². The molecule has 0 amide bonds. The Balaban J connectivity index is 2.10. The van der Waals surface area contributed by atoms with Crippen LogP contribution in [0.25, 0.3) is 0 Å². The zero-order valence-electron chi connectivity index (χ0n) is 10.8. The summed E-state index contributed by atoms with van der Waals surface area (Å²) >= 11 is 0. The zero-order valence-corrected chi connectivity index (χ0v) is 10.8. The Bertz CT molecular complexity index is 425. The van der Waals surface area contributed by atoms with E-state index in [-0.39, 0.29) is 5.82 Å². The first-order valence-electron chi connectivity index (χ1n) is 6.17. The Morgan fingerprint density at radius 2 is 2.28 bits per heavy atom. The van der Waals surface area contributed by atoms with E-state index in [4.69, 9.17) is 0 Å². The predicted octanol–water partition coefficient (Wildman–Crippen LogP) is 0.764. The largest absolute Gasteiger partial charge is 0.406 e. The summed E-state index contributed by atoms with van der Waals surface area (Å²) in [6, 6.07) is 0. The molecule has 2 rings (SSSR count). The van der Waals surface area contributed by atoms with Gasteiger partial charge in [0.25, 0.3) is 0 Å². The van der Waals surface area contributed by atoms with Crippen molar-refractivity contribution in [2.24, 2.45) is 13.0 Å². The number of nitro groups is 1. The van der Waals surface area contributed by atoms with Gasteiger partial charge in [-0.1, -0.05) is 0 Å².